The van der Waals surface area contributed by atoms with Crippen LogP contribution in [0.4, 0.5) is 10.7 Å². The number of anilines is 1. The lowest BCUT2D eigenvalue weighted by molar-refractivity contribution is 0.141. The first-order valence-electron chi connectivity index (χ1n) is 11.2. The Morgan fingerprint density at radius 2 is 1.79 bits per heavy atom. The molecule has 0 aliphatic carbocycles. The van der Waals surface area contributed by atoms with Crippen LogP contribution in [0, 0.1) is 0 Å². The lowest BCUT2D eigenvalue weighted by Crippen LogP contribution is -2.18. The van der Waals surface area contributed by atoms with Crippen molar-refractivity contribution in [3.05, 3.63) is 41.6 Å². The Labute approximate surface area is 192 Å². The molecule has 1 aliphatic rings. The fourth-order valence-electron chi connectivity index (χ4n) is 3.82. The summed E-state index contributed by atoms with van der Waals surface area (Å²) in [5.74, 6) is 0.341. The Morgan fingerprint density at radius 3 is 2.48 bits per heavy atom. The molecule has 0 saturated carbocycles. The number of fused-ring (bicyclic) bond motifs is 1. The van der Waals surface area contributed by atoms with Crippen LogP contribution >= 0.6 is 0 Å². The maximum atomic E-state index is 12.1. The monoisotopic (exact) mass is 454 g/mol. The van der Waals surface area contributed by atoms with Crippen molar-refractivity contribution in [1.82, 2.24) is 24.4 Å². The van der Waals surface area contributed by atoms with Crippen LogP contribution in [0.2, 0.25) is 0 Å². The highest BCUT2D eigenvalue weighted by Crippen LogP contribution is 2.22. The molecule has 0 atom stereocenters. The third kappa shape index (κ3) is 5.96. The number of ether oxygens (including phenoxy) is 3. The SMILES string of the molecule is CCOC(=O)Nc1nc2cnc(OCCOC)nc2n1Cc1ccc(CN2CCCC2)cc1. The van der Waals surface area contributed by atoms with E-state index in [-0.39, 0.29) is 12.6 Å². The van der Waals surface area contributed by atoms with Crippen LogP contribution in [0.15, 0.2) is 30.5 Å². The normalized spacial score (nSPS) is 14.0. The van der Waals surface area contributed by atoms with Gasteiger partial charge in [-0.3, -0.25) is 14.8 Å². The van der Waals surface area contributed by atoms with Crippen molar-refractivity contribution in [2.75, 3.05) is 45.3 Å². The van der Waals surface area contributed by atoms with Gasteiger partial charge in [0.05, 0.1) is 26.0 Å². The predicted octanol–water partition coefficient (Wildman–Crippen LogP) is 3.06. The highest BCUT2D eigenvalue weighted by molar-refractivity contribution is 5.85. The molecule has 3 aromatic rings. The van der Waals surface area contributed by atoms with Gasteiger partial charge < -0.3 is 14.2 Å². The standard InChI is InChI=1S/C23H30N6O4/c1-3-32-23(30)27-21-25-19-14-24-22(33-13-12-31-2)26-20(19)29(21)16-18-8-6-17(7-9-18)15-28-10-4-5-11-28/h6-9,14H,3-5,10-13,15-16H2,1-2H3,(H,25,27,30). The molecule has 4 rings (SSSR count). The molecule has 10 heteroatoms. The minimum atomic E-state index is -0.570. The number of rotatable bonds is 10. The molecule has 0 radical (unpaired) electrons. The maximum absolute atomic E-state index is 12.1. The second-order valence-electron chi connectivity index (χ2n) is 7.87. The minimum absolute atomic E-state index is 0.226. The fourth-order valence-corrected chi connectivity index (χ4v) is 3.82. The van der Waals surface area contributed by atoms with Gasteiger partial charge in [0.15, 0.2) is 5.65 Å². The summed E-state index contributed by atoms with van der Waals surface area (Å²) in [4.78, 5) is 27.8. The van der Waals surface area contributed by atoms with Gasteiger partial charge in [-0.25, -0.2) is 14.8 Å². The molecule has 176 valence electrons. The van der Waals surface area contributed by atoms with E-state index >= 15 is 0 Å². The van der Waals surface area contributed by atoms with E-state index in [0.29, 0.717) is 36.9 Å². The van der Waals surface area contributed by atoms with Gasteiger partial charge in [0.25, 0.3) is 0 Å². The Bertz CT molecular complexity index is 1060. The van der Waals surface area contributed by atoms with Gasteiger partial charge in [0.1, 0.15) is 12.1 Å². The van der Waals surface area contributed by atoms with Crippen molar-refractivity contribution < 1.29 is 19.0 Å². The zero-order valence-electron chi connectivity index (χ0n) is 19.1. The molecule has 1 aromatic carbocycles. The van der Waals surface area contributed by atoms with E-state index in [4.69, 9.17) is 14.2 Å². The number of nitrogens with one attached hydrogen (secondary N) is 1. The van der Waals surface area contributed by atoms with Crippen molar-refractivity contribution in [3.8, 4) is 6.01 Å². The third-order valence-corrected chi connectivity index (χ3v) is 5.44. The van der Waals surface area contributed by atoms with Gasteiger partial charge in [0.2, 0.25) is 5.95 Å². The summed E-state index contributed by atoms with van der Waals surface area (Å²) in [5, 5.41) is 2.71. The highest BCUT2D eigenvalue weighted by atomic mass is 16.5. The van der Waals surface area contributed by atoms with Gasteiger partial charge in [-0.15, -0.1) is 0 Å². The summed E-state index contributed by atoms with van der Waals surface area (Å²) in [7, 11) is 1.60. The Morgan fingerprint density at radius 1 is 1.06 bits per heavy atom. The molecule has 1 amide bonds. The minimum Gasteiger partial charge on any atom is -0.461 e. The number of methoxy groups -OCH3 is 1. The highest BCUT2D eigenvalue weighted by Gasteiger charge is 2.17. The van der Waals surface area contributed by atoms with Crippen molar-refractivity contribution in [3.63, 3.8) is 0 Å². The van der Waals surface area contributed by atoms with Crippen LogP contribution < -0.4 is 10.1 Å². The number of hydrogen-bond acceptors (Lipinski definition) is 8. The van der Waals surface area contributed by atoms with Gasteiger partial charge in [-0.2, -0.15) is 4.98 Å². The molecule has 33 heavy (non-hydrogen) atoms. The molecular weight excluding hydrogens is 424 g/mol. The molecule has 2 aromatic heterocycles. The van der Waals surface area contributed by atoms with Crippen LogP contribution in [-0.4, -0.2) is 70.5 Å². The molecule has 1 fully saturated rings. The zero-order chi connectivity index (χ0) is 23.0. The maximum Gasteiger partial charge on any atom is 0.413 e. The predicted molar refractivity (Wildman–Crippen MR) is 123 cm³/mol. The molecule has 10 nitrogen and oxygen atoms in total. The molecule has 0 spiro atoms. The summed E-state index contributed by atoms with van der Waals surface area (Å²) in [6.07, 6.45) is 3.57. The number of amides is 1. The summed E-state index contributed by atoms with van der Waals surface area (Å²) >= 11 is 0. The number of carbonyl (C=O) groups is 1. The molecular formula is C23H30N6O4. The van der Waals surface area contributed by atoms with Gasteiger partial charge >= 0.3 is 12.1 Å². The van der Waals surface area contributed by atoms with Crippen molar-refractivity contribution in [1.29, 1.82) is 0 Å². The molecule has 0 bridgehead atoms. The van der Waals surface area contributed by atoms with E-state index in [1.165, 1.54) is 31.5 Å². The first-order chi connectivity index (χ1) is 16.2. The summed E-state index contributed by atoms with van der Waals surface area (Å²) in [6, 6.07) is 8.73. The number of aromatic nitrogens is 4. The number of benzene rings is 1. The van der Waals surface area contributed by atoms with Crippen LogP contribution in [0.5, 0.6) is 6.01 Å². The second-order valence-corrected chi connectivity index (χ2v) is 7.87. The molecule has 1 aliphatic heterocycles. The largest absolute Gasteiger partial charge is 0.461 e. The van der Waals surface area contributed by atoms with E-state index in [2.05, 4.69) is 49.4 Å². The first-order valence-corrected chi connectivity index (χ1v) is 11.2. The van der Waals surface area contributed by atoms with E-state index in [0.717, 1.165) is 12.1 Å². The van der Waals surface area contributed by atoms with Crippen molar-refractivity contribution in [2.24, 2.45) is 0 Å². The summed E-state index contributed by atoms with van der Waals surface area (Å²) in [6.45, 7) is 6.56. The Kier molecular flexibility index (Phi) is 7.69. The van der Waals surface area contributed by atoms with E-state index < -0.39 is 6.09 Å². The molecule has 0 unspecified atom stereocenters. The van der Waals surface area contributed by atoms with Crippen LogP contribution in [-0.2, 0) is 22.6 Å². The summed E-state index contributed by atoms with van der Waals surface area (Å²) < 4.78 is 17.4. The van der Waals surface area contributed by atoms with Crippen LogP contribution in [0.3, 0.4) is 0 Å². The number of hydrogen-bond donors (Lipinski definition) is 1. The fraction of sp³-hybridized carbons (Fsp3) is 0.478. The number of imidazole rings is 1. The Hall–Kier alpha value is -3.24. The lowest BCUT2D eigenvalue weighted by atomic mass is 10.1. The molecule has 1 saturated heterocycles. The van der Waals surface area contributed by atoms with Gasteiger partial charge in [-0.1, -0.05) is 24.3 Å². The molecule has 3 heterocycles. The summed E-state index contributed by atoms with van der Waals surface area (Å²) in [5.41, 5.74) is 3.46. The van der Waals surface area contributed by atoms with E-state index in [1.54, 1.807) is 20.2 Å². The van der Waals surface area contributed by atoms with Crippen LogP contribution in [0.1, 0.15) is 30.9 Å². The van der Waals surface area contributed by atoms with Gasteiger partial charge in [0, 0.05) is 13.7 Å². The smallest absolute Gasteiger partial charge is 0.413 e. The van der Waals surface area contributed by atoms with Gasteiger partial charge in [-0.05, 0) is 44.0 Å². The van der Waals surface area contributed by atoms with E-state index in [1.807, 2.05) is 4.57 Å². The quantitative estimate of drug-likeness (QED) is 0.466. The lowest BCUT2D eigenvalue weighted by Gasteiger charge is -2.15. The first kappa shape index (κ1) is 22.9. The third-order valence-electron chi connectivity index (χ3n) is 5.44. The number of carbonyl (C=O) groups excluding carboxylic acids is 1. The van der Waals surface area contributed by atoms with Crippen molar-refractivity contribution >= 4 is 23.2 Å². The average molecular weight is 455 g/mol. The van der Waals surface area contributed by atoms with Crippen molar-refractivity contribution in [2.45, 2.75) is 32.9 Å². The van der Waals surface area contributed by atoms with E-state index in [9.17, 15) is 4.79 Å². The number of nitrogens with zero attached hydrogens (tertiary/aromatic N) is 5. The Balaban J connectivity index is 1.58. The number of likely N-dealkylation sites (tertiary alicyclic amines) is 1. The second kappa shape index (κ2) is 11.1. The van der Waals surface area contributed by atoms with Crippen LogP contribution in [0.25, 0.3) is 11.2 Å². The topological polar surface area (TPSA) is 104 Å². The average Bonchev–Trinajstić information content (AvgIpc) is 3.43. The molecule has 1 N–H and O–H groups in total. The zero-order valence-corrected chi connectivity index (χ0v) is 19.1.